The van der Waals surface area contributed by atoms with Crippen LogP contribution in [0.3, 0.4) is 0 Å². The van der Waals surface area contributed by atoms with Gasteiger partial charge in [0.25, 0.3) is 0 Å². The molecule has 1 aromatic rings. The second-order valence-electron chi connectivity index (χ2n) is 4.69. The van der Waals surface area contributed by atoms with Crippen molar-refractivity contribution in [1.82, 2.24) is 0 Å². The van der Waals surface area contributed by atoms with E-state index in [1.54, 1.807) is 12.1 Å². The Bertz CT molecular complexity index is 673. The maximum absolute atomic E-state index is 12.4. The van der Waals surface area contributed by atoms with Crippen molar-refractivity contribution in [1.29, 1.82) is 10.5 Å². The topological polar surface area (TPSA) is 93.8 Å². The Morgan fingerprint density at radius 2 is 2.10 bits per heavy atom. The third kappa shape index (κ3) is 2.06. The lowest BCUT2D eigenvalue weighted by Crippen LogP contribution is -2.42. The third-order valence-electron chi connectivity index (χ3n) is 3.39. The fourth-order valence-electron chi connectivity index (χ4n) is 2.56. The molecule has 5 nitrogen and oxygen atoms in total. The lowest BCUT2D eigenvalue weighted by Gasteiger charge is -2.27. The zero-order chi connectivity index (χ0) is 14.9. The average Bonchev–Trinajstić information content (AvgIpc) is 2.64. The van der Waals surface area contributed by atoms with E-state index >= 15 is 0 Å². The zero-order valence-electron chi connectivity index (χ0n) is 10.6. The highest BCUT2D eigenvalue weighted by atomic mass is 127. The molecule has 1 aromatic carbocycles. The smallest absolute Gasteiger partial charge is 0.238 e. The Kier molecular flexibility index (Phi) is 3.78. The van der Waals surface area contributed by atoms with Crippen LogP contribution in [-0.2, 0) is 15.0 Å². The van der Waals surface area contributed by atoms with Crippen molar-refractivity contribution < 1.29 is 9.59 Å². The number of ketones is 1. The number of anilines is 1. The molecular formula is C14H10IN3O2. The summed E-state index contributed by atoms with van der Waals surface area (Å²) in [7, 11) is 0. The Hall–Kier alpha value is -1.93. The van der Waals surface area contributed by atoms with Gasteiger partial charge in [-0.05, 0) is 53.3 Å². The quantitative estimate of drug-likeness (QED) is 0.815. The third-order valence-corrected chi connectivity index (χ3v) is 4.07. The van der Waals surface area contributed by atoms with E-state index in [1.807, 2.05) is 18.2 Å². The molecule has 0 fully saturated rings. The molecule has 6 heteroatoms. The summed E-state index contributed by atoms with van der Waals surface area (Å²) in [6, 6.07) is 9.00. The minimum Gasteiger partial charge on any atom is -0.325 e. The highest BCUT2D eigenvalue weighted by molar-refractivity contribution is 14.1. The highest BCUT2D eigenvalue weighted by Crippen LogP contribution is 2.46. The van der Waals surface area contributed by atoms with Crippen LogP contribution < -0.4 is 5.32 Å². The van der Waals surface area contributed by atoms with Crippen LogP contribution in [0.5, 0.6) is 0 Å². The molecule has 0 bridgehead atoms. The van der Waals surface area contributed by atoms with E-state index in [2.05, 4.69) is 27.9 Å². The number of amides is 1. The van der Waals surface area contributed by atoms with Crippen LogP contribution in [0.15, 0.2) is 18.2 Å². The highest BCUT2D eigenvalue weighted by Gasteiger charge is 2.54. The van der Waals surface area contributed by atoms with Crippen molar-refractivity contribution in [3.63, 3.8) is 0 Å². The summed E-state index contributed by atoms with van der Waals surface area (Å²) in [6.45, 7) is 1.35. The van der Waals surface area contributed by atoms with E-state index in [-0.39, 0.29) is 12.2 Å². The average molecular weight is 379 g/mol. The Morgan fingerprint density at radius 1 is 1.45 bits per heavy atom. The molecule has 1 aliphatic heterocycles. The number of rotatable bonds is 3. The number of carbonyl (C=O) groups is 2. The molecule has 1 atom stereocenters. The molecular weight excluding hydrogens is 369 g/mol. The summed E-state index contributed by atoms with van der Waals surface area (Å²) in [5, 5.41) is 21.1. The van der Waals surface area contributed by atoms with Gasteiger partial charge in [0.15, 0.2) is 5.92 Å². The normalized spacial score (nSPS) is 19.9. The first-order valence-corrected chi connectivity index (χ1v) is 6.93. The van der Waals surface area contributed by atoms with Crippen molar-refractivity contribution in [3.05, 3.63) is 27.3 Å². The molecule has 2 rings (SSSR count). The van der Waals surface area contributed by atoms with E-state index in [4.69, 9.17) is 0 Å². The van der Waals surface area contributed by atoms with E-state index < -0.39 is 17.2 Å². The molecule has 0 saturated carbocycles. The Balaban J connectivity index is 2.73. The molecule has 1 amide bonds. The number of nitrogens with one attached hydrogen (secondary N) is 1. The summed E-state index contributed by atoms with van der Waals surface area (Å²) in [5.74, 6) is -1.90. The maximum Gasteiger partial charge on any atom is 0.238 e. The number of nitrogens with zero attached hydrogens (tertiary/aromatic N) is 2. The molecule has 0 aliphatic carbocycles. The number of carbonyl (C=O) groups excluding carboxylic acids is 2. The fourth-order valence-corrected chi connectivity index (χ4v) is 3.05. The summed E-state index contributed by atoms with van der Waals surface area (Å²) in [5.41, 5.74) is -0.295. The summed E-state index contributed by atoms with van der Waals surface area (Å²) in [4.78, 5) is 24.0. The van der Waals surface area contributed by atoms with Gasteiger partial charge >= 0.3 is 0 Å². The van der Waals surface area contributed by atoms with Crippen LogP contribution in [0.2, 0.25) is 0 Å². The standard InChI is InChI=1S/C14H10IN3O2/c1-8(19)5-14(9(6-16)7-17)11-4-10(15)2-3-12(11)18-13(14)20/h2-4,9H,5H2,1H3,(H,18,20)/t14-/m1/s1. The molecule has 0 saturated heterocycles. The zero-order valence-corrected chi connectivity index (χ0v) is 12.8. The van der Waals surface area contributed by atoms with Gasteiger partial charge in [0.2, 0.25) is 5.91 Å². The van der Waals surface area contributed by atoms with Gasteiger partial charge in [0, 0.05) is 15.7 Å². The molecule has 0 radical (unpaired) electrons. The van der Waals surface area contributed by atoms with Crippen LogP contribution >= 0.6 is 22.6 Å². The van der Waals surface area contributed by atoms with Gasteiger partial charge in [-0.1, -0.05) is 0 Å². The molecule has 0 aromatic heterocycles. The second kappa shape index (κ2) is 5.22. The van der Waals surface area contributed by atoms with Crippen LogP contribution in [0.4, 0.5) is 5.69 Å². The number of hydrogen-bond acceptors (Lipinski definition) is 4. The van der Waals surface area contributed by atoms with Gasteiger partial charge in [-0.25, -0.2) is 0 Å². The van der Waals surface area contributed by atoms with Crippen LogP contribution in [0.1, 0.15) is 18.9 Å². The lowest BCUT2D eigenvalue weighted by atomic mass is 9.69. The molecule has 1 heterocycles. The fraction of sp³-hybridized carbons (Fsp3) is 0.286. The monoisotopic (exact) mass is 379 g/mol. The lowest BCUT2D eigenvalue weighted by molar-refractivity contribution is -0.127. The molecule has 100 valence electrons. The van der Waals surface area contributed by atoms with Crippen LogP contribution in [0.25, 0.3) is 0 Å². The van der Waals surface area contributed by atoms with Crippen molar-refractivity contribution in [2.24, 2.45) is 5.92 Å². The number of halogens is 1. The molecule has 1 aliphatic rings. The Morgan fingerprint density at radius 3 is 2.65 bits per heavy atom. The second-order valence-corrected chi connectivity index (χ2v) is 5.93. The predicted molar refractivity (Wildman–Crippen MR) is 79.5 cm³/mol. The molecule has 1 N–H and O–H groups in total. The van der Waals surface area contributed by atoms with E-state index in [0.717, 1.165) is 3.57 Å². The number of hydrogen-bond donors (Lipinski definition) is 1. The Labute approximate surface area is 129 Å². The van der Waals surface area contributed by atoms with E-state index in [0.29, 0.717) is 11.3 Å². The van der Waals surface area contributed by atoms with Gasteiger partial charge < -0.3 is 5.32 Å². The molecule has 0 spiro atoms. The van der Waals surface area contributed by atoms with Crippen LogP contribution in [-0.4, -0.2) is 11.7 Å². The van der Waals surface area contributed by atoms with Crippen molar-refractivity contribution in [2.45, 2.75) is 18.8 Å². The van der Waals surface area contributed by atoms with E-state index in [9.17, 15) is 20.1 Å². The van der Waals surface area contributed by atoms with Crippen molar-refractivity contribution in [2.75, 3.05) is 5.32 Å². The predicted octanol–water partition coefficient (Wildman–Crippen LogP) is 2.12. The minimum atomic E-state index is -1.41. The molecule has 0 unspecified atom stereocenters. The van der Waals surface area contributed by atoms with Crippen molar-refractivity contribution in [3.8, 4) is 12.1 Å². The summed E-state index contributed by atoms with van der Waals surface area (Å²) in [6.07, 6.45) is -0.155. The van der Waals surface area contributed by atoms with E-state index in [1.165, 1.54) is 6.92 Å². The summed E-state index contributed by atoms with van der Waals surface area (Å²) < 4.78 is 0.875. The molecule has 20 heavy (non-hydrogen) atoms. The van der Waals surface area contributed by atoms with Gasteiger partial charge in [-0.15, -0.1) is 0 Å². The first-order chi connectivity index (χ1) is 9.45. The van der Waals surface area contributed by atoms with Crippen molar-refractivity contribution >= 4 is 40.0 Å². The number of benzene rings is 1. The number of nitriles is 2. The first kappa shape index (κ1) is 14.5. The number of fused-ring (bicyclic) bond motifs is 1. The van der Waals surface area contributed by atoms with Gasteiger partial charge in [0.05, 0.1) is 12.1 Å². The maximum atomic E-state index is 12.4. The SMILES string of the molecule is CC(=O)C[C@]1(C(C#N)C#N)C(=O)Nc2ccc(I)cc21. The van der Waals surface area contributed by atoms with Gasteiger partial charge in [-0.3, -0.25) is 9.59 Å². The largest absolute Gasteiger partial charge is 0.325 e. The summed E-state index contributed by atoms with van der Waals surface area (Å²) >= 11 is 2.09. The van der Waals surface area contributed by atoms with Crippen LogP contribution in [0, 0.1) is 32.2 Å². The minimum absolute atomic E-state index is 0.155. The van der Waals surface area contributed by atoms with Gasteiger partial charge in [-0.2, -0.15) is 10.5 Å². The van der Waals surface area contributed by atoms with Gasteiger partial charge in [0.1, 0.15) is 11.2 Å². The first-order valence-electron chi connectivity index (χ1n) is 5.86. The number of Topliss-reactive ketones (excluding diaryl/α,β-unsaturated/α-hetero) is 1.